The largest absolute Gasteiger partial charge is 0.396 e. The van der Waals surface area contributed by atoms with E-state index >= 15 is 0 Å². The Bertz CT molecular complexity index is 161. The number of aliphatic hydroxyl groups excluding tert-OH is 1. The summed E-state index contributed by atoms with van der Waals surface area (Å²) in [6, 6.07) is 0.753. The van der Waals surface area contributed by atoms with E-state index in [0.717, 1.165) is 24.9 Å². The fraction of sp³-hybridized carbons (Fsp3) is 1.00. The lowest BCUT2D eigenvalue weighted by Gasteiger charge is -2.29. The standard InChI is InChI=1S/C13H27NO/c1-11(10-15)6-5-9-14-13-8-4-3-7-12(13)2/h11-15H,3-10H2,1-2H3. The molecule has 1 aliphatic rings. The lowest BCUT2D eigenvalue weighted by molar-refractivity contribution is 0.224. The minimum Gasteiger partial charge on any atom is -0.396 e. The zero-order valence-corrected chi connectivity index (χ0v) is 10.3. The summed E-state index contributed by atoms with van der Waals surface area (Å²) in [7, 11) is 0. The molecule has 0 saturated heterocycles. The van der Waals surface area contributed by atoms with E-state index in [0.29, 0.717) is 12.5 Å². The van der Waals surface area contributed by atoms with Gasteiger partial charge in [-0.05, 0) is 44.1 Å². The minimum absolute atomic E-state index is 0.333. The number of hydrogen-bond acceptors (Lipinski definition) is 2. The molecule has 0 bridgehead atoms. The molecule has 0 aromatic carbocycles. The number of rotatable bonds is 6. The molecule has 1 saturated carbocycles. The molecule has 2 N–H and O–H groups in total. The highest BCUT2D eigenvalue weighted by molar-refractivity contribution is 4.77. The first-order valence-corrected chi connectivity index (χ1v) is 6.58. The van der Waals surface area contributed by atoms with Gasteiger partial charge in [0.1, 0.15) is 0 Å². The van der Waals surface area contributed by atoms with Crippen molar-refractivity contribution in [2.45, 2.75) is 58.4 Å². The van der Waals surface area contributed by atoms with Crippen LogP contribution in [0, 0.1) is 11.8 Å². The molecule has 0 aromatic rings. The first-order valence-electron chi connectivity index (χ1n) is 6.58. The Morgan fingerprint density at radius 1 is 1.33 bits per heavy atom. The second-order valence-corrected chi connectivity index (χ2v) is 5.25. The Morgan fingerprint density at radius 2 is 2.07 bits per heavy atom. The molecule has 1 fully saturated rings. The molecule has 2 nitrogen and oxygen atoms in total. The fourth-order valence-electron chi connectivity index (χ4n) is 2.45. The van der Waals surface area contributed by atoms with Crippen LogP contribution < -0.4 is 5.32 Å². The molecule has 0 aliphatic heterocycles. The second-order valence-electron chi connectivity index (χ2n) is 5.25. The lowest BCUT2D eigenvalue weighted by Crippen LogP contribution is -2.37. The predicted molar refractivity (Wildman–Crippen MR) is 64.9 cm³/mol. The van der Waals surface area contributed by atoms with Crippen LogP contribution in [0.2, 0.25) is 0 Å². The molecule has 1 rings (SSSR count). The smallest absolute Gasteiger partial charge is 0.0456 e. The lowest BCUT2D eigenvalue weighted by atomic mass is 9.86. The maximum atomic E-state index is 8.90. The maximum absolute atomic E-state index is 8.90. The normalized spacial score (nSPS) is 29.0. The van der Waals surface area contributed by atoms with E-state index in [4.69, 9.17) is 5.11 Å². The van der Waals surface area contributed by atoms with Crippen molar-refractivity contribution in [1.29, 1.82) is 0 Å². The zero-order valence-electron chi connectivity index (χ0n) is 10.3. The SMILES string of the molecule is CC(CO)CCCNC1CCCCC1C. The van der Waals surface area contributed by atoms with Crippen LogP contribution in [0.1, 0.15) is 52.4 Å². The van der Waals surface area contributed by atoms with Gasteiger partial charge in [0.05, 0.1) is 0 Å². The van der Waals surface area contributed by atoms with Crippen molar-refractivity contribution in [3.05, 3.63) is 0 Å². The average Bonchev–Trinajstić information content (AvgIpc) is 2.26. The molecule has 1 aliphatic carbocycles. The molecule has 0 spiro atoms. The molecule has 2 heteroatoms. The van der Waals surface area contributed by atoms with Gasteiger partial charge in [-0.15, -0.1) is 0 Å². The van der Waals surface area contributed by atoms with E-state index in [1.54, 1.807) is 0 Å². The van der Waals surface area contributed by atoms with E-state index in [9.17, 15) is 0 Å². The average molecular weight is 213 g/mol. The van der Waals surface area contributed by atoms with Crippen LogP contribution in [0.25, 0.3) is 0 Å². The van der Waals surface area contributed by atoms with Crippen molar-refractivity contribution < 1.29 is 5.11 Å². The van der Waals surface area contributed by atoms with Crippen LogP contribution in [-0.2, 0) is 0 Å². The first-order chi connectivity index (χ1) is 7.24. The topological polar surface area (TPSA) is 32.3 Å². The van der Waals surface area contributed by atoms with Gasteiger partial charge in [0.15, 0.2) is 0 Å². The van der Waals surface area contributed by atoms with E-state index in [1.807, 2.05) is 0 Å². The summed E-state index contributed by atoms with van der Waals surface area (Å²) in [6.07, 6.45) is 7.91. The Kier molecular flexibility index (Phi) is 6.26. The Morgan fingerprint density at radius 3 is 2.73 bits per heavy atom. The van der Waals surface area contributed by atoms with E-state index in [2.05, 4.69) is 19.2 Å². The van der Waals surface area contributed by atoms with Gasteiger partial charge in [0.2, 0.25) is 0 Å². The van der Waals surface area contributed by atoms with Crippen molar-refractivity contribution in [2.75, 3.05) is 13.2 Å². The monoisotopic (exact) mass is 213 g/mol. The van der Waals surface area contributed by atoms with Crippen LogP contribution in [0.15, 0.2) is 0 Å². The van der Waals surface area contributed by atoms with Crippen molar-refractivity contribution in [2.24, 2.45) is 11.8 Å². The summed E-state index contributed by atoms with van der Waals surface area (Å²) < 4.78 is 0. The summed E-state index contributed by atoms with van der Waals surface area (Å²) >= 11 is 0. The van der Waals surface area contributed by atoms with E-state index in [-0.39, 0.29) is 0 Å². The maximum Gasteiger partial charge on any atom is 0.0456 e. The summed E-state index contributed by atoms with van der Waals surface area (Å²) in [4.78, 5) is 0. The summed E-state index contributed by atoms with van der Waals surface area (Å²) in [5.41, 5.74) is 0. The zero-order chi connectivity index (χ0) is 11.1. The fourth-order valence-corrected chi connectivity index (χ4v) is 2.45. The van der Waals surface area contributed by atoms with E-state index < -0.39 is 0 Å². The van der Waals surface area contributed by atoms with Gasteiger partial charge in [-0.2, -0.15) is 0 Å². The number of aliphatic hydroxyl groups is 1. The van der Waals surface area contributed by atoms with Gasteiger partial charge in [0.25, 0.3) is 0 Å². The van der Waals surface area contributed by atoms with Crippen molar-refractivity contribution in [1.82, 2.24) is 5.32 Å². The molecule has 0 heterocycles. The van der Waals surface area contributed by atoms with Gasteiger partial charge in [-0.1, -0.05) is 26.7 Å². The highest BCUT2D eigenvalue weighted by Gasteiger charge is 2.19. The van der Waals surface area contributed by atoms with Gasteiger partial charge >= 0.3 is 0 Å². The van der Waals surface area contributed by atoms with Gasteiger partial charge in [-0.3, -0.25) is 0 Å². The van der Waals surface area contributed by atoms with Crippen molar-refractivity contribution in [3.63, 3.8) is 0 Å². The second kappa shape index (κ2) is 7.24. The van der Waals surface area contributed by atoms with Crippen LogP contribution in [-0.4, -0.2) is 24.3 Å². The third-order valence-electron chi connectivity index (χ3n) is 3.70. The molecule has 0 amide bonds. The van der Waals surface area contributed by atoms with Crippen LogP contribution in [0.4, 0.5) is 0 Å². The molecule has 3 unspecified atom stereocenters. The van der Waals surface area contributed by atoms with E-state index in [1.165, 1.54) is 32.1 Å². The van der Waals surface area contributed by atoms with Crippen molar-refractivity contribution >= 4 is 0 Å². The molecule has 3 atom stereocenters. The quantitative estimate of drug-likeness (QED) is 0.665. The third kappa shape index (κ3) is 4.98. The minimum atomic E-state index is 0.333. The summed E-state index contributed by atoms with van der Waals surface area (Å²) in [6.45, 7) is 5.94. The summed E-state index contributed by atoms with van der Waals surface area (Å²) in [5, 5.41) is 12.6. The van der Waals surface area contributed by atoms with Crippen LogP contribution in [0.5, 0.6) is 0 Å². The summed E-state index contributed by atoms with van der Waals surface area (Å²) in [5.74, 6) is 1.32. The molecular formula is C13H27NO. The predicted octanol–water partition coefficient (Wildman–Crippen LogP) is 2.56. The number of nitrogens with one attached hydrogen (secondary N) is 1. The number of hydrogen-bond donors (Lipinski definition) is 2. The first kappa shape index (κ1) is 13.0. The van der Waals surface area contributed by atoms with Crippen LogP contribution >= 0.6 is 0 Å². The molecule has 15 heavy (non-hydrogen) atoms. The van der Waals surface area contributed by atoms with Gasteiger partial charge in [-0.25, -0.2) is 0 Å². The molecule has 90 valence electrons. The highest BCUT2D eigenvalue weighted by Crippen LogP contribution is 2.23. The van der Waals surface area contributed by atoms with Gasteiger partial charge < -0.3 is 10.4 Å². The Hall–Kier alpha value is -0.0800. The Balaban J connectivity index is 2.03. The molecular weight excluding hydrogens is 186 g/mol. The molecule has 0 aromatic heterocycles. The highest BCUT2D eigenvalue weighted by atomic mass is 16.3. The third-order valence-corrected chi connectivity index (χ3v) is 3.70. The van der Waals surface area contributed by atoms with Crippen LogP contribution in [0.3, 0.4) is 0 Å². The van der Waals surface area contributed by atoms with Crippen molar-refractivity contribution in [3.8, 4) is 0 Å². The van der Waals surface area contributed by atoms with Gasteiger partial charge in [0, 0.05) is 12.6 Å². The Labute approximate surface area is 94.5 Å². The molecule has 0 radical (unpaired) electrons.